The predicted octanol–water partition coefficient (Wildman–Crippen LogP) is 5.36. The van der Waals surface area contributed by atoms with Crippen LogP contribution >= 0.6 is 11.6 Å². The molecule has 0 saturated carbocycles. The molecule has 1 saturated heterocycles. The maximum Gasteiger partial charge on any atom is 0.495 e. The second-order valence-electron chi connectivity index (χ2n) is 11.9. The lowest BCUT2D eigenvalue weighted by atomic mass is 9.75. The standard InChI is InChI=1S/C32H39BClN3O6/c1-21-24(8-6-9-26(21)33-42-31(2,3)32(4,5)43-33)20-41-29-14-28(40-19-23-12-22(15-35)16-37-17-23)25(13-27(29)34)18-36-11-7-10-30(38)39/h6,8-9,13-14,16-17,23,36H,7,10-12,18-20H2,1-5H3,(H,38,39). The third-order valence-electron chi connectivity index (χ3n) is 8.16. The van der Waals surface area contributed by atoms with Crippen molar-refractivity contribution in [2.24, 2.45) is 10.9 Å². The first-order valence-corrected chi connectivity index (χ1v) is 14.8. The van der Waals surface area contributed by atoms with E-state index in [0.717, 1.165) is 22.2 Å². The summed E-state index contributed by atoms with van der Waals surface area (Å²) in [6.07, 6.45) is 4.51. The smallest absolute Gasteiger partial charge is 0.492 e. The van der Waals surface area contributed by atoms with Crippen LogP contribution in [0.15, 0.2) is 47.1 Å². The van der Waals surface area contributed by atoms with Gasteiger partial charge in [-0.15, -0.1) is 0 Å². The molecule has 228 valence electrons. The van der Waals surface area contributed by atoms with Crippen LogP contribution in [0.4, 0.5) is 0 Å². The summed E-state index contributed by atoms with van der Waals surface area (Å²) in [4.78, 5) is 15.0. The molecule has 0 spiro atoms. The molecule has 1 unspecified atom stereocenters. The minimum atomic E-state index is -0.827. The van der Waals surface area contributed by atoms with E-state index in [1.54, 1.807) is 24.5 Å². The SMILES string of the molecule is Cc1c(COc2cc(OCC3C=NC=C(C#N)C3)c(CNCCCC(=O)O)cc2Cl)cccc1B1OC(C)(C)C(C)(C)O1. The molecule has 9 nitrogen and oxygen atoms in total. The van der Waals surface area contributed by atoms with Gasteiger partial charge in [-0.1, -0.05) is 29.8 Å². The van der Waals surface area contributed by atoms with Crippen molar-refractivity contribution >= 4 is 36.4 Å². The fourth-order valence-electron chi connectivity index (χ4n) is 4.80. The molecule has 0 amide bonds. The maximum absolute atomic E-state index is 10.8. The molecule has 2 aromatic carbocycles. The van der Waals surface area contributed by atoms with E-state index in [2.05, 4.69) is 16.4 Å². The van der Waals surface area contributed by atoms with E-state index in [9.17, 15) is 10.1 Å². The Hall–Kier alpha value is -3.36. The highest BCUT2D eigenvalue weighted by Crippen LogP contribution is 2.37. The van der Waals surface area contributed by atoms with Gasteiger partial charge in [-0.3, -0.25) is 9.79 Å². The largest absolute Gasteiger partial charge is 0.495 e. The lowest BCUT2D eigenvalue weighted by Crippen LogP contribution is -2.41. The Kier molecular flexibility index (Phi) is 10.6. The predicted molar refractivity (Wildman–Crippen MR) is 167 cm³/mol. The van der Waals surface area contributed by atoms with Crippen molar-refractivity contribution in [2.45, 2.75) is 78.2 Å². The van der Waals surface area contributed by atoms with Gasteiger partial charge in [-0.05, 0) is 76.7 Å². The zero-order valence-electron chi connectivity index (χ0n) is 25.4. The van der Waals surface area contributed by atoms with Crippen LogP contribution in [0.3, 0.4) is 0 Å². The third kappa shape index (κ3) is 8.18. The number of ether oxygens (including phenoxy) is 2. The summed E-state index contributed by atoms with van der Waals surface area (Å²) in [5.74, 6) is 0.194. The first-order valence-electron chi connectivity index (χ1n) is 14.5. The number of aliphatic imine (C=N–C) groups is 1. The quantitative estimate of drug-likeness (QED) is 0.231. The van der Waals surface area contributed by atoms with Crippen LogP contribution in [-0.4, -0.2) is 48.8 Å². The lowest BCUT2D eigenvalue weighted by molar-refractivity contribution is -0.137. The number of aliphatic carboxylic acids is 1. The molecular formula is C32H39BClN3O6. The van der Waals surface area contributed by atoms with E-state index in [1.807, 2.05) is 52.8 Å². The van der Waals surface area contributed by atoms with Crippen LogP contribution < -0.4 is 20.3 Å². The molecule has 2 aliphatic heterocycles. The number of rotatable bonds is 13. The van der Waals surface area contributed by atoms with Gasteiger partial charge in [0.05, 0.1) is 28.9 Å². The van der Waals surface area contributed by atoms with E-state index in [0.29, 0.717) is 54.6 Å². The average Bonchev–Trinajstić information content (AvgIpc) is 3.18. The van der Waals surface area contributed by atoms with Crippen molar-refractivity contribution < 1.29 is 28.7 Å². The fraction of sp³-hybridized carbons (Fsp3) is 0.469. The molecule has 2 aliphatic rings. The highest BCUT2D eigenvalue weighted by atomic mass is 35.5. The number of hydrogen-bond acceptors (Lipinski definition) is 8. The number of carbonyl (C=O) groups is 1. The molecular weight excluding hydrogens is 569 g/mol. The van der Waals surface area contributed by atoms with Gasteiger partial charge in [-0.25, -0.2) is 0 Å². The number of nitrogens with zero attached hydrogens (tertiary/aromatic N) is 2. The van der Waals surface area contributed by atoms with Gasteiger partial charge in [0.2, 0.25) is 0 Å². The number of carboxylic acids is 1. The number of halogens is 1. The summed E-state index contributed by atoms with van der Waals surface area (Å²) in [6.45, 7) is 11.7. The van der Waals surface area contributed by atoms with Crippen LogP contribution in [0, 0.1) is 24.2 Å². The molecule has 0 aliphatic carbocycles. The first kappa shape index (κ1) is 32.6. The first-order chi connectivity index (χ1) is 20.4. The van der Waals surface area contributed by atoms with E-state index in [1.165, 1.54) is 0 Å². The van der Waals surface area contributed by atoms with Crippen molar-refractivity contribution in [1.82, 2.24) is 5.32 Å². The molecule has 0 radical (unpaired) electrons. The van der Waals surface area contributed by atoms with Crippen molar-refractivity contribution in [3.8, 4) is 17.6 Å². The van der Waals surface area contributed by atoms with Gasteiger partial charge in [0.1, 0.15) is 18.1 Å². The maximum atomic E-state index is 10.8. The van der Waals surface area contributed by atoms with Crippen molar-refractivity contribution in [1.29, 1.82) is 5.26 Å². The topological polar surface area (TPSA) is 122 Å². The Morgan fingerprint density at radius 2 is 1.93 bits per heavy atom. The molecule has 0 aromatic heterocycles. The number of hydrogen-bond donors (Lipinski definition) is 2. The highest BCUT2D eigenvalue weighted by Gasteiger charge is 2.52. The molecule has 4 rings (SSSR count). The van der Waals surface area contributed by atoms with Crippen molar-refractivity contribution in [3.05, 3.63) is 63.8 Å². The van der Waals surface area contributed by atoms with E-state index in [-0.39, 0.29) is 18.9 Å². The molecule has 11 heteroatoms. The van der Waals surface area contributed by atoms with Crippen molar-refractivity contribution in [3.63, 3.8) is 0 Å². The fourth-order valence-corrected chi connectivity index (χ4v) is 5.04. The summed E-state index contributed by atoms with van der Waals surface area (Å²) < 4.78 is 25.0. The Balaban J connectivity index is 1.49. The summed E-state index contributed by atoms with van der Waals surface area (Å²) >= 11 is 6.68. The number of nitrogens with one attached hydrogen (secondary N) is 1. The Labute approximate surface area is 259 Å². The molecule has 43 heavy (non-hydrogen) atoms. The minimum Gasteiger partial charge on any atom is -0.492 e. The third-order valence-corrected chi connectivity index (χ3v) is 8.45. The molecule has 1 fully saturated rings. The van der Waals surface area contributed by atoms with E-state index < -0.39 is 24.3 Å². The number of nitriles is 1. The number of allylic oxidation sites excluding steroid dienone is 1. The molecule has 2 heterocycles. The Morgan fingerprint density at radius 1 is 1.19 bits per heavy atom. The van der Waals surface area contributed by atoms with Gasteiger partial charge < -0.3 is 29.2 Å². The van der Waals surface area contributed by atoms with E-state index in [4.69, 9.17) is 35.5 Å². The van der Waals surface area contributed by atoms with Crippen LogP contribution in [-0.2, 0) is 27.3 Å². The van der Waals surface area contributed by atoms with Gasteiger partial charge in [-0.2, -0.15) is 5.26 Å². The van der Waals surface area contributed by atoms with Gasteiger partial charge >= 0.3 is 13.1 Å². The summed E-state index contributed by atoms with van der Waals surface area (Å²) in [5.41, 5.74) is 3.49. The number of carboxylic acid groups (broad SMARTS) is 1. The highest BCUT2D eigenvalue weighted by molar-refractivity contribution is 6.62. The molecule has 1 atom stereocenters. The van der Waals surface area contributed by atoms with Gasteiger partial charge in [0, 0.05) is 48.5 Å². The monoisotopic (exact) mass is 607 g/mol. The van der Waals surface area contributed by atoms with Crippen LogP contribution in [0.5, 0.6) is 11.5 Å². The Morgan fingerprint density at radius 3 is 2.63 bits per heavy atom. The second-order valence-corrected chi connectivity index (χ2v) is 12.3. The lowest BCUT2D eigenvalue weighted by Gasteiger charge is -2.32. The zero-order valence-corrected chi connectivity index (χ0v) is 26.2. The molecule has 2 N–H and O–H groups in total. The van der Waals surface area contributed by atoms with Crippen molar-refractivity contribution in [2.75, 3.05) is 13.2 Å². The van der Waals surface area contributed by atoms with Crippen LogP contribution in [0.1, 0.15) is 63.6 Å². The normalized spacial score (nSPS) is 18.7. The van der Waals surface area contributed by atoms with Gasteiger partial charge in [0.25, 0.3) is 0 Å². The second kappa shape index (κ2) is 14.0. The molecule has 2 aromatic rings. The average molecular weight is 608 g/mol. The minimum absolute atomic E-state index is 0.0450. The summed E-state index contributed by atoms with van der Waals surface area (Å²) in [6, 6.07) is 11.7. The zero-order chi connectivity index (χ0) is 31.2. The molecule has 0 bridgehead atoms. The van der Waals surface area contributed by atoms with E-state index >= 15 is 0 Å². The Bertz CT molecular complexity index is 1420. The number of benzene rings is 2. The van der Waals surface area contributed by atoms with Crippen LogP contribution in [0.25, 0.3) is 0 Å². The van der Waals surface area contributed by atoms with Crippen LogP contribution in [0.2, 0.25) is 5.02 Å². The summed E-state index contributed by atoms with van der Waals surface area (Å²) in [5, 5.41) is 21.9. The van der Waals surface area contributed by atoms with Gasteiger partial charge in [0.15, 0.2) is 0 Å². The summed E-state index contributed by atoms with van der Waals surface area (Å²) in [7, 11) is -0.476.